The first-order valence-corrected chi connectivity index (χ1v) is 3.96. The van der Waals surface area contributed by atoms with Crippen LogP contribution in [0.5, 0.6) is 0 Å². The number of aliphatic imine (C=N–C) groups is 2. The molecule has 1 aliphatic rings. The second-order valence-electron chi connectivity index (χ2n) is 0.735. The van der Waals surface area contributed by atoms with E-state index in [1.54, 1.807) is 6.34 Å². The summed E-state index contributed by atoms with van der Waals surface area (Å²) in [6, 6.07) is 0. The Morgan fingerprint density at radius 2 is 2.33 bits per heavy atom. The van der Waals surface area contributed by atoms with Gasteiger partial charge in [-0.1, -0.05) is 20.7 Å². The zero-order chi connectivity index (χ0) is 4.24. The SMILES string of the molecule is C1=NC=IC=N1. The molecule has 0 amide bonds. The average molecular weight is 194 g/mol. The minimum Gasteiger partial charge on any atom is -0.239 e. The van der Waals surface area contributed by atoms with E-state index in [0.717, 1.165) is 0 Å². The average Bonchev–Trinajstić information content (AvgIpc) is 1.72. The molecule has 0 aromatic carbocycles. The van der Waals surface area contributed by atoms with Crippen molar-refractivity contribution in [2.24, 2.45) is 9.98 Å². The van der Waals surface area contributed by atoms with E-state index in [1.165, 1.54) is 0 Å². The molecular weight excluding hydrogens is 191 g/mol. The predicted molar refractivity (Wildman–Crippen MR) is 37.1 cm³/mol. The summed E-state index contributed by atoms with van der Waals surface area (Å²) in [6.45, 7) is 0. The quantitative estimate of drug-likeness (QED) is 0.509. The lowest BCUT2D eigenvalue weighted by molar-refractivity contribution is 1.74. The molecule has 0 spiro atoms. The van der Waals surface area contributed by atoms with Gasteiger partial charge in [-0.05, 0) is 0 Å². The summed E-state index contributed by atoms with van der Waals surface area (Å²) in [7, 11) is 0. The third kappa shape index (κ3) is 0.965. The van der Waals surface area contributed by atoms with Gasteiger partial charge in [0.05, 0.1) is 8.36 Å². The van der Waals surface area contributed by atoms with E-state index < -0.39 is 0 Å². The highest BCUT2D eigenvalue weighted by Crippen LogP contribution is 1.89. The summed E-state index contributed by atoms with van der Waals surface area (Å²) in [5.74, 6) is 0. The van der Waals surface area contributed by atoms with Crippen molar-refractivity contribution in [1.29, 1.82) is 0 Å². The molecule has 0 saturated heterocycles. The largest absolute Gasteiger partial charge is 0.239 e. The Morgan fingerprint density at radius 1 is 1.33 bits per heavy atom. The van der Waals surface area contributed by atoms with Crippen LogP contribution in [0.4, 0.5) is 0 Å². The van der Waals surface area contributed by atoms with E-state index in [4.69, 9.17) is 0 Å². The number of hydrogen-bond acceptors (Lipinski definition) is 2. The van der Waals surface area contributed by atoms with Crippen LogP contribution in [-0.2, 0) is 0 Å². The molecule has 0 aliphatic carbocycles. The van der Waals surface area contributed by atoms with E-state index in [1.807, 2.05) is 8.36 Å². The molecule has 0 saturated carbocycles. The number of nitrogens with zero attached hydrogens (tertiary/aromatic N) is 2. The van der Waals surface area contributed by atoms with Crippen molar-refractivity contribution in [3.05, 3.63) is 0 Å². The summed E-state index contributed by atoms with van der Waals surface area (Å²) in [5, 5.41) is 0. The van der Waals surface area contributed by atoms with Crippen molar-refractivity contribution in [1.82, 2.24) is 0 Å². The zero-order valence-electron chi connectivity index (χ0n) is 3.00. The lowest BCUT2D eigenvalue weighted by Crippen LogP contribution is -1.70. The topological polar surface area (TPSA) is 24.7 Å². The summed E-state index contributed by atoms with van der Waals surface area (Å²) < 4.78 is 3.84. The minimum atomic E-state index is 0.100. The van der Waals surface area contributed by atoms with Crippen molar-refractivity contribution in [2.45, 2.75) is 0 Å². The first-order valence-electron chi connectivity index (χ1n) is 1.47. The lowest BCUT2D eigenvalue weighted by atomic mass is 11.2. The van der Waals surface area contributed by atoms with Gasteiger partial charge in [0.25, 0.3) is 0 Å². The molecule has 1 rings (SSSR count). The van der Waals surface area contributed by atoms with Gasteiger partial charge in [0.15, 0.2) is 0 Å². The van der Waals surface area contributed by atoms with E-state index in [2.05, 4.69) is 9.98 Å². The molecule has 0 aromatic heterocycles. The van der Waals surface area contributed by atoms with Crippen molar-refractivity contribution >= 4 is 35.4 Å². The number of halogens is 1. The Balaban J connectivity index is 2.77. The normalized spacial score (nSPS) is 17.3. The standard InChI is InChI=1S/C3H3IN2/c1-4-2-6-3-5-1/h1-3H. The molecule has 0 N–H and O–H groups in total. The van der Waals surface area contributed by atoms with Crippen molar-refractivity contribution in [3.8, 4) is 0 Å². The molecule has 1 aliphatic heterocycles. The van der Waals surface area contributed by atoms with E-state index in [9.17, 15) is 0 Å². The van der Waals surface area contributed by atoms with Crippen molar-refractivity contribution in [3.63, 3.8) is 0 Å². The van der Waals surface area contributed by atoms with Crippen LogP contribution in [0.1, 0.15) is 0 Å². The fourth-order valence-corrected chi connectivity index (χ4v) is 0.982. The molecule has 3 heteroatoms. The van der Waals surface area contributed by atoms with Crippen LogP contribution in [0, 0.1) is 0 Å². The van der Waals surface area contributed by atoms with Gasteiger partial charge in [-0.2, -0.15) is 0 Å². The fraction of sp³-hybridized carbons (Fsp3) is 0. The van der Waals surface area contributed by atoms with Crippen LogP contribution in [0.3, 0.4) is 0 Å². The molecule has 0 fully saturated rings. The van der Waals surface area contributed by atoms with Gasteiger partial charge in [0.2, 0.25) is 0 Å². The molecule has 0 radical (unpaired) electrons. The van der Waals surface area contributed by atoms with Gasteiger partial charge in [-0.15, -0.1) is 0 Å². The van der Waals surface area contributed by atoms with Gasteiger partial charge >= 0.3 is 0 Å². The summed E-state index contributed by atoms with van der Waals surface area (Å²) >= 11 is 0.100. The van der Waals surface area contributed by atoms with Crippen LogP contribution in [-0.4, -0.2) is 14.7 Å². The van der Waals surface area contributed by atoms with E-state index >= 15 is 0 Å². The second-order valence-corrected chi connectivity index (χ2v) is 2.57. The second kappa shape index (κ2) is 2.17. The van der Waals surface area contributed by atoms with Gasteiger partial charge in [-0.25, -0.2) is 9.98 Å². The van der Waals surface area contributed by atoms with Crippen LogP contribution >= 0.6 is 20.7 Å². The van der Waals surface area contributed by atoms with Crippen LogP contribution in [0.2, 0.25) is 0 Å². The highest BCUT2D eigenvalue weighted by molar-refractivity contribution is 14.2. The molecule has 6 heavy (non-hydrogen) atoms. The minimum absolute atomic E-state index is 0.100. The Bertz CT molecular complexity index is 78.2. The highest BCUT2D eigenvalue weighted by Gasteiger charge is 1.67. The first-order chi connectivity index (χ1) is 3.00. The summed E-state index contributed by atoms with van der Waals surface area (Å²) in [6.07, 6.45) is 1.56. The van der Waals surface area contributed by atoms with Crippen molar-refractivity contribution in [2.75, 3.05) is 0 Å². The monoisotopic (exact) mass is 194 g/mol. The Hall–Kier alpha value is -0.0600. The molecule has 1 heterocycles. The summed E-state index contributed by atoms with van der Waals surface area (Å²) in [5.41, 5.74) is 0. The van der Waals surface area contributed by atoms with Crippen molar-refractivity contribution < 1.29 is 0 Å². The number of hydrogen-bond donors (Lipinski definition) is 0. The zero-order valence-corrected chi connectivity index (χ0v) is 5.16. The van der Waals surface area contributed by atoms with Crippen LogP contribution in [0.25, 0.3) is 0 Å². The molecule has 0 bridgehead atoms. The van der Waals surface area contributed by atoms with E-state index in [-0.39, 0.29) is 20.7 Å². The molecule has 0 atom stereocenters. The van der Waals surface area contributed by atoms with Gasteiger partial charge in [0, 0.05) is 0 Å². The maximum absolute atomic E-state index is 3.78. The Labute approximate surface area is 45.7 Å². The third-order valence-electron chi connectivity index (χ3n) is 0.359. The molecule has 2 nitrogen and oxygen atoms in total. The van der Waals surface area contributed by atoms with Crippen LogP contribution < -0.4 is 0 Å². The molecule has 32 valence electrons. The van der Waals surface area contributed by atoms with Crippen LogP contribution in [0.15, 0.2) is 9.98 Å². The molecule has 0 unspecified atom stereocenters. The maximum atomic E-state index is 3.78. The smallest absolute Gasteiger partial charge is 0.116 e. The predicted octanol–water partition coefficient (Wildman–Crippen LogP) is 0.787. The first kappa shape index (κ1) is 4.11. The fourth-order valence-electron chi connectivity index (χ4n) is 0.179. The van der Waals surface area contributed by atoms with Gasteiger partial charge in [-0.3, -0.25) is 0 Å². The summed E-state index contributed by atoms with van der Waals surface area (Å²) in [4.78, 5) is 7.56. The highest BCUT2D eigenvalue weighted by atomic mass is 127. The third-order valence-corrected chi connectivity index (χ3v) is 1.65. The maximum Gasteiger partial charge on any atom is 0.116 e. The van der Waals surface area contributed by atoms with E-state index in [0.29, 0.717) is 0 Å². The molecular formula is C3H3IN2. The Kier molecular flexibility index (Phi) is 1.49. The lowest BCUT2D eigenvalue weighted by Gasteiger charge is -1.76. The number of rotatable bonds is 0. The van der Waals surface area contributed by atoms with Gasteiger partial charge in [0.1, 0.15) is 6.34 Å². The van der Waals surface area contributed by atoms with Gasteiger partial charge < -0.3 is 0 Å². The molecule has 0 aromatic rings. The Morgan fingerprint density at radius 3 is 2.50 bits per heavy atom.